The first-order chi connectivity index (χ1) is 11.6. The van der Waals surface area contributed by atoms with Crippen LogP contribution in [0.5, 0.6) is 5.88 Å². The smallest absolute Gasteiger partial charge is 0.356 e. The van der Waals surface area contributed by atoms with Crippen LogP contribution in [0.25, 0.3) is 5.69 Å². The van der Waals surface area contributed by atoms with Crippen molar-refractivity contribution in [3.63, 3.8) is 0 Å². The maximum atomic E-state index is 11.3. The van der Waals surface area contributed by atoms with Crippen molar-refractivity contribution in [3.05, 3.63) is 59.2 Å². The number of hydrogen-bond donors (Lipinski definition) is 1. The average molecular weight is 362 g/mol. The highest BCUT2D eigenvalue weighted by Gasteiger charge is 2.17. The second-order valence-electron chi connectivity index (χ2n) is 4.66. The molecule has 0 aliphatic carbocycles. The lowest BCUT2D eigenvalue weighted by Crippen LogP contribution is -2.02. The van der Waals surface area contributed by atoms with Gasteiger partial charge >= 0.3 is 5.97 Å². The van der Waals surface area contributed by atoms with E-state index in [9.17, 15) is 9.90 Å². The third kappa shape index (κ3) is 3.37. The number of pyridine rings is 1. The fourth-order valence-electron chi connectivity index (χ4n) is 2.01. The Morgan fingerprint density at radius 2 is 2.04 bits per heavy atom. The van der Waals surface area contributed by atoms with Crippen LogP contribution in [-0.4, -0.2) is 33.0 Å². The highest BCUT2D eigenvalue weighted by atomic mass is 35.5. The van der Waals surface area contributed by atoms with E-state index < -0.39 is 5.97 Å². The molecule has 0 radical (unpaired) electrons. The Balaban J connectivity index is 2.06. The molecule has 6 nitrogen and oxygen atoms in total. The molecule has 0 amide bonds. The van der Waals surface area contributed by atoms with Crippen molar-refractivity contribution in [1.82, 2.24) is 14.8 Å². The number of carboxylic acid groups (broad SMARTS) is 1. The van der Waals surface area contributed by atoms with Gasteiger partial charge in [0.1, 0.15) is 10.1 Å². The highest BCUT2D eigenvalue weighted by molar-refractivity contribution is 7.99. The van der Waals surface area contributed by atoms with Crippen LogP contribution < -0.4 is 4.74 Å². The average Bonchev–Trinajstić information content (AvgIpc) is 2.99. The number of para-hydroxylation sites is 1. The van der Waals surface area contributed by atoms with E-state index in [1.165, 1.54) is 29.6 Å². The van der Waals surface area contributed by atoms with Gasteiger partial charge in [0, 0.05) is 12.1 Å². The van der Waals surface area contributed by atoms with Crippen molar-refractivity contribution in [1.29, 1.82) is 0 Å². The largest absolute Gasteiger partial charge is 0.481 e. The van der Waals surface area contributed by atoms with E-state index in [4.69, 9.17) is 16.3 Å². The first-order valence-corrected chi connectivity index (χ1v) is 8.05. The van der Waals surface area contributed by atoms with Gasteiger partial charge in [0.2, 0.25) is 5.88 Å². The van der Waals surface area contributed by atoms with E-state index in [1.807, 2.05) is 12.1 Å². The Hall–Kier alpha value is -2.51. The first-order valence-electron chi connectivity index (χ1n) is 6.85. The van der Waals surface area contributed by atoms with Crippen LogP contribution in [0.15, 0.2) is 58.6 Å². The Morgan fingerprint density at radius 1 is 1.25 bits per heavy atom. The summed E-state index contributed by atoms with van der Waals surface area (Å²) in [6.45, 7) is 0. The molecule has 8 heteroatoms. The van der Waals surface area contributed by atoms with Gasteiger partial charge in [-0.15, -0.1) is 0 Å². The third-order valence-corrected chi connectivity index (χ3v) is 4.35. The standard InChI is InChI=1S/C16H12ClN3O3S/c1-23-13-7-4-8-14(18-13)24-15-9-11(16(21)22)19-20(15)12-6-3-2-5-10(12)17/h2-9H,1H3,(H,21,22). The lowest BCUT2D eigenvalue weighted by Gasteiger charge is -2.08. The molecule has 2 heterocycles. The minimum absolute atomic E-state index is 0.0692. The number of hydrogen-bond acceptors (Lipinski definition) is 5. The number of carboxylic acids is 1. The van der Waals surface area contributed by atoms with E-state index in [2.05, 4.69) is 10.1 Å². The van der Waals surface area contributed by atoms with Gasteiger partial charge in [-0.05, 0) is 30.0 Å². The Labute approximate surface area is 147 Å². The zero-order valence-electron chi connectivity index (χ0n) is 12.5. The molecule has 0 aliphatic heterocycles. The number of aromatic nitrogens is 3. The minimum atomic E-state index is -1.11. The number of benzene rings is 1. The predicted molar refractivity (Wildman–Crippen MR) is 90.4 cm³/mol. The van der Waals surface area contributed by atoms with Crippen molar-refractivity contribution >= 4 is 29.3 Å². The highest BCUT2D eigenvalue weighted by Crippen LogP contribution is 2.32. The Bertz CT molecular complexity index is 898. The van der Waals surface area contributed by atoms with Gasteiger partial charge in [-0.3, -0.25) is 0 Å². The summed E-state index contributed by atoms with van der Waals surface area (Å²) >= 11 is 7.49. The van der Waals surface area contributed by atoms with Crippen molar-refractivity contribution in [2.24, 2.45) is 0 Å². The second-order valence-corrected chi connectivity index (χ2v) is 6.10. The molecule has 3 aromatic rings. The monoisotopic (exact) mass is 361 g/mol. The van der Waals surface area contributed by atoms with Crippen molar-refractivity contribution in [3.8, 4) is 11.6 Å². The molecule has 0 saturated carbocycles. The summed E-state index contributed by atoms with van der Waals surface area (Å²) < 4.78 is 6.61. The molecule has 0 bridgehead atoms. The number of halogens is 1. The number of nitrogens with zero attached hydrogens (tertiary/aromatic N) is 3. The summed E-state index contributed by atoms with van der Waals surface area (Å²) in [7, 11) is 1.54. The number of rotatable bonds is 5. The van der Waals surface area contributed by atoms with Crippen LogP contribution in [0.4, 0.5) is 0 Å². The molecular formula is C16H12ClN3O3S. The van der Waals surface area contributed by atoms with Gasteiger partial charge in [0.25, 0.3) is 0 Å². The molecule has 24 heavy (non-hydrogen) atoms. The van der Waals surface area contributed by atoms with Gasteiger partial charge in [-0.2, -0.15) is 5.10 Å². The van der Waals surface area contributed by atoms with Gasteiger partial charge in [-0.1, -0.05) is 29.8 Å². The first kappa shape index (κ1) is 16.4. The van der Waals surface area contributed by atoms with Crippen LogP contribution in [0.3, 0.4) is 0 Å². The predicted octanol–water partition coefficient (Wildman–Crippen LogP) is 3.78. The van der Waals surface area contributed by atoms with E-state index in [1.54, 1.807) is 30.3 Å². The van der Waals surface area contributed by atoms with E-state index >= 15 is 0 Å². The molecule has 0 saturated heterocycles. The minimum Gasteiger partial charge on any atom is -0.481 e. The molecule has 122 valence electrons. The fraction of sp³-hybridized carbons (Fsp3) is 0.0625. The molecule has 1 aromatic carbocycles. The molecule has 0 fully saturated rings. The molecule has 2 aromatic heterocycles. The number of aromatic carboxylic acids is 1. The summed E-state index contributed by atoms with van der Waals surface area (Å²) in [5, 5.41) is 15.1. The normalized spacial score (nSPS) is 10.6. The summed E-state index contributed by atoms with van der Waals surface area (Å²) in [6, 6.07) is 13.9. The summed E-state index contributed by atoms with van der Waals surface area (Å²) in [5.41, 5.74) is 0.525. The zero-order valence-corrected chi connectivity index (χ0v) is 14.1. The van der Waals surface area contributed by atoms with Crippen LogP contribution in [0.2, 0.25) is 5.02 Å². The molecule has 1 N–H and O–H groups in total. The van der Waals surface area contributed by atoms with Crippen LogP contribution in [-0.2, 0) is 0 Å². The maximum Gasteiger partial charge on any atom is 0.356 e. The fourth-order valence-corrected chi connectivity index (χ4v) is 3.12. The molecular weight excluding hydrogens is 350 g/mol. The van der Waals surface area contributed by atoms with E-state index in [0.29, 0.717) is 26.6 Å². The molecule has 0 spiro atoms. The number of carbonyl (C=O) groups is 1. The molecule has 0 aliphatic rings. The second kappa shape index (κ2) is 6.94. The topological polar surface area (TPSA) is 77.2 Å². The summed E-state index contributed by atoms with van der Waals surface area (Å²) in [6.07, 6.45) is 0. The van der Waals surface area contributed by atoms with Gasteiger partial charge in [-0.25, -0.2) is 14.5 Å². The summed E-state index contributed by atoms with van der Waals surface area (Å²) in [4.78, 5) is 15.6. The van der Waals surface area contributed by atoms with Crippen LogP contribution in [0, 0.1) is 0 Å². The molecule has 3 rings (SSSR count). The lowest BCUT2D eigenvalue weighted by molar-refractivity contribution is 0.0690. The SMILES string of the molecule is COc1cccc(Sc2cc(C(=O)O)nn2-c2ccccc2Cl)n1. The third-order valence-electron chi connectivity index (χ3n) is 3.09. The molecule has 0 unspecified atom stereocenters. The quantitative estimate of drug-likeness (QED) is 0.745. The zero-order chi connectivity index (χ0) is 17.1. The van der Waals surface area contributed by atoms with Gasteiger partial charge < -0.3 is 9.84 Å². The molecule has 0 atom stereocenters. The van der Waals surface area contributed by atoms with Crippen LogP contribution >= 0.6 is 23.4 Å². The van der Waals surface area contributed by atoms with Crippen molar-refractivity contribution in [2.75, 3.05) is 7.11 Å². The van der Waals surface area contributed by atoms with Crippen molar-refractivity contribution < 1.29 is 14.6 Å². The van der Waals surface area contributed by atoms with E-state index in [-0.39, 0.29) is 5.69 Å². The Morgan fingerprint density at radius 3 is 2.75 bits per heavy atom. The number of methoxy groups -OCH3 is 1. The van der Waals surface area contributed by atoms with Crippen LogP contribution in [0.1, 0.15) is 10.5 Å². The van der Waals surface area contributed by atoms with E-state index in [0.717, 1.165) is 0 Å². The maximum absolute atomic E-state index is 11.3. The van der Waals surface area contributed by atoms with Gasteiger partial charge in [0.15, 0.2) is 5.69 Å². The lowest BCUT2D eigenvalue weighted by atomic mass is 10.3. The van der Waals surface area contributed by atoms with Gasteiger partial charge in [0.05, 0.1) is 17.8 Å². The van der Waals surface area contributed by atoms with Crippen molar-refractivity contribution in [2.45, 2.75) is 10.1 Å². The Kier molecular flexibility index (Phi) is 4.73. The number of ether oxygens (including phenoxy) is 1. The summed E-state index contributed by atoms with van der Waals surface area (Å²) in [5.74, 6) is -0.636.